The lowest BCUT2D eigenvalue weighted by Crippen LogP contribution is -2.23. The van der Waals surface area contributed by atoms with Crippen molar-refractivity contribution in [2.75, 3.05) is 6.61 Å². The van der Waals surface area contributed by atoms with Crippen LogP contribution < -0.4 is 0 Å². The second kappa shape index (κ2) is 3.56. The zero-order chi connectivity index (χ0) is 9.14. The summed E-state index contributed by atoms with van der Waals surface area (Å²) in [7, 11) is 0. The molecule has 0 aromatic rings. The van der Waals surface area contributed by atoms with Crippen LogP contribution in [-0.4, -0.2) is 24.6 Å². The van der Waals surface area contributed by atoms with E-state index in [9.17, 15) is 9.59 Å². The number of esters is 2. The first-order valence-corrected chi connectivity index (χ1v) is 4.01. The average Bonchev–Trinajstić information content (AvgIpc) is 2.30. The van der Waals surface area contributed by atoms with Gasteiger partial charge < -0.3 is 9.47 Å². The number of carbonyl (C=O) groups is 2. The molecule has 1 fully saturated rings. The Hall–Kier alpha value is -1.06. The van der Waals surface area contributed by atoms with Crippen LogP contribution in [0.3, 0.4) is 0 Å². The van der Waals surface area contributed by atoms with Gasteiger partial charge in [-0.3, -0.25) is 9.59 Å². The van der Waals surface area contributed by atoms with Crippen molar-refractivity contribution in [3.05, 3.63) is 0 Å². The highest BCUT2D eigenvalue weighted by Crippen LogP contribution is 2.22. The smallest absolute Gasteiger partial charge is 0.313 e. The molecule has 4 heteroatoms. The minimum atomic E-state index is -0.405. The molecular formula is C8H12O4. The highest BCUT2D eigenvalue weighted by molar-refractivity contribution is 5.83. The Morgan fingerprint density at radius 1 is 1.75 bits per heavy atom. The van der Waals surface area contributed by atoms with Crippen LogP contribution in [0.5, 0.6) is 0 Å². The maximum Gasteiger partial charge on any atom is 0.313 e. The number of ether oxygens (including phenoxy) is 2. The third-order valence-corrected chi connectivity index (χ3v) is 1.86. The molecule has 0 amide bonds. The Kier molecular flexibility index (Phi) is 2.68. The summed E-state index contributed by atoms with van der Waals surface area (Å²) in [6, 6.07) is 0. The van der Waals surface area contributed by atoms with Gasteiger partial charge in [0.05, 0.1) is 13.0 Å². The molecule has 0 saturated carbocycles. The van der Waals surface area contributed by atoms with Gasteiger partial charge in [-0.1, -0.05) is 0 Å². The summed E-state index contributed by atoms with van der Waals surface area (Å²) in [6.07, 6.45) is -0.184. The van der Waals surface area contributed by atoms with Gasteiger partial charge in [0.2, 0.25) is 0 Å². The average molecular weight is 172 g/mol. The van der Waals surface area contributed by atoms with Crippen LogP contribution in [0.4, 0.5) is 0 Å². The molecule has 12 heavy (non-hydrogen) atoms. The number of rotatable bonds is 2. The van der Waals surface area contributed by atoms with Gasteiger partial charge in [0.15, 0.2) is 0 Å². The van der Waals surface area contributed by atoms with E-state index in [1.54, 1.807) is 13.8 Å². The topological polar surface area (TPSA) is 52.6 Å². The third-order valence-electron chi connectivity index (χ3n) is 1.86. The molecule has 0 aliphatic carbocycles. The van der Waals surface area contributed by atoms with E-state index < -0.39 is 5.92 Å². The van der Waals surface area contributed by atoms with Crippen molar-refractivity contribution in [2.45, 2.75) is 26.4 Å². The Morgan fingerprint density at radius 3 is 2.83 bits per heavy atom. The molecule has 0 spiro atoms. The molecule has 2 atom stereocenters. The van der Waals surface area contributed by atoms with Crippen molar-refractivity contribution in [3.63, 3.8) is 0 Å². The summed E-state index contributed by atoms with van der Waals surface area (Å²) >= 11 is 0. The van der Waals surface area contributed by atoms with E-state index in [-0.39, 0.29) is 24.5 Å². The highest BCUT2D eigenvalue weighted by atomic mass is 16.6. The molecule has 68 valence electrons. The van der Waals surface area contributed by atoms with Crippen molar-refractivity contribution >= 4 is 11.9 Å². The largest absolute Gasteiger partial charge is 0.466 e. The minimum absolute atomic E-state index is 0.153. The van der Waals surface area contributed by atoms with Gasteiger partial charge in [0.1, 0.15) is 12.0 Å². The SMILES string of the molecule is CCOC(=O)[C@@H]1CC(=O)O[C@@H]1C. The van der Waals surface area contributed by atoms with Crippen molar-refractivity contribution in [2.24, 2.45) is 5.92 Å². The van der Waals surface area contributed by atoms with Crippen LogP contribution in [0.25, 0.3) is 0 Å². The fourth-order valence-electron chi connectivity index (χ4n) is 1.21. The Balaban J connectivity index is 2.52. The van der Waals surface area contributed by atoms with Gasteiger partial charge in [0.25, 0.3) is 0 Å². The number of hydrogen-bond donors (Lipinski definition) is 0. The summed E-state index contributed by atoms with van der Waals surface area (Å²) in [5, 5.41) is 0. The van der Waals surface area contributed by atoms with Gasteiger partial charge in [-0.05, 0) is 13.8 Å². The Morgan fingerprint density at radius 2 is 2.42 bits per heavy atom. The van der Waals surface area contributed by atoms with Gasteiger partial charge in [-0.2, -0.15) is 0 Å². The summed E-state index contributed by atoms with van der Waals surface area (Å²) in [4.78, 5) is 21.9. The third kappa shape index (κ3) is 1.75. The first-order chi connectivity index (χ1) is 5.65. The molecule has 0 radical (unpaired) electrons. The van der Waals surface area contributed by atoms with Gasteiger partial charge in [0, 0.05) is 0 Å². The fourth-order valence-corrected chi connectivity index (χ4v) is 1.21. The van der Waals surface area contributed by atoms with E-state index in [0.717, 1.165) is 0 Å². The first kappa shape index (κ1) is 9.03. The van der Waals surface area contributed by atoms with Crippen LogP contribution >= 0.6 is 0 Å². The van der Waals surface area contributed by atoms with E-state index in [2.05, 4.69) is 0 Å². The number of cyclic esters (lactones) is 1. The van der Waals surface area contributed by atoms with Crippen molar-refractivity contribution in [3.8, 4) is 0 Å². The van der Waals surface area contributed by atoms with Gasteiger partial charge in [-0.25, -0.2) is 0 Å². The molecule has 4 nitrogen and oxygen atoms in total. The quantitative estimate of drug-likeness (QED) is 0.569. The standard InChI is InChI=1S/C8H12O4/c1-3-11-8(10)6-4-7(9)12-5(6)2/h5-6H,3-4H2,1-2H3/t5-,6-/m1/s1. The number of carbonyl (C=O) groups excluding carboxylic acids is 2. The molecule has 0 aromatic heterocycles. The summed E-state index contributed by atoms with van der Waals surface area (Å²) < 4.78 is 9.57. The molecule has 1 aliphatic heterocycles. The van der Waals surface area contributed by atoms with Gasteiger partial charge in [-0.15, -0.1) is 0 Å². The second-order valence-corrected chi connectivity index (χ2v) is 2.76. The summed E-state index contributed by atoms with van der Waals surface area (Å²) in [5.41, 5.74) is 0. The van der Waals surface area contributed by atoms with E-state index in [4.69, 9.17) is 9.47 Å². The van der Waals surface area contributed by atoms with Crippen LogP contribution in [0.2, 0.25) is 0 Å². The fraction of sp³-hybridized carbons (Fsp3) is 0.750. The minimum Gasteiger partial charge on any atom is -0.466 e. The first-order valence-electron chi connectivity index (χ1n) is 4.01. The van der Waals surface area contributed by atoms with Crippen LogP contribution in [-0.2, 0) is 19.1 Å². The molecule has 1 heterocycles. The van der Waals surface area contributed by atoms with Crippen molar-refractivity contribution < 1.29 is 19.1 Å². The molecule has 1 saturated heterocycles. The molecule has 1 rings (SSSR count). The van der Waals surface area contributed by atoms with Crippen molar-refractivity contribution in [1.82, 2.24) is 0 Å². The molecule has 0 aromatic carbocycles. The van der Waals surface area contributed by atoms with Crippen molar-refractivity contribution in [1.29, 1.82) is 0 Å². The zero-order valence-electron chi connectivity index (χ0n) is 7.20. The van der Waals surface area contributed by atoms with Gasteiger partial charge >= 0.3 is 11.9 Å². The Bertz CT molecular complexity index is 199. The van der Waals surface area contributed by atoms with Crippen LogP contribution in [0.15, 0.2) is 0 Å². The second-order valence-electron chi connectivity index (χ2n) is 2.76. The lowest BCUT2D eigenvalue weighted by Gasteiger charge is -2.10. The molecular weight excluding hydrogens is 160 g/mol. The Labute approximate surface area is 70.8 Å². The van der Waals surface area contributed by atoms with E-state index in [1.165, 1.54) is 0 Å². The van der Waals surface area contributed by atoms with E-state index in [1.807, 2.05) is 0 Å². The molecule has 0 bridgehead atoms. The molecule has 0 unspecified atom stereocenters. The van der Waals surface area contributed by atoms with Crippen LogP contribution in [0.1, 0.15) is 20.3 Å². The highest BCUT2D eigenvalue weighted by Gasteiger charge is 2.37. The predicted octanol–water partition coefficient (Wildman–Crippen LogP) is 0.501. The monoisotopic (exact) mass is 172 g/mol. The maximum absolute atomic E-state index is 11.1. The summed E-state index contributed by atoms with van der Waals surface area (Å²) in [5.74, 6) is -1.06. The lowest BCUT2D eigenvalue weighted by molar-refractivity contribution is -0.149. The normalized spacial score (nSPS) is 28.3. The predicted molar refractivity (Wildman–Crippen MR) is 40.3 cm³/mol. The lowest BCUT2D eigenvalue weighted by atomic mass is 10.0. The van der Waals surface area contributed by atoms with E-state index in [0.29, 0.717) is 6.61 Å². The molecule has 1 aliphatic rings. The number of hydrogen-bond acceptors (Lipinski definition) is 4. The zero-order valence-corrected chi connectivity index (χ0v) is 7.20. The maximum atomic E-state index is 11.1. The van der Waals surface area contributed by atoms with Crippen LogP contribution in [0, 0.1) is 5.92 Å². The summed E-state index contributed by atoms with van der Waals surface area (Å²) in [6.45, 7) is 3.78. The molecule has 0 N–H and O–H groups in total. The van der Waals surface area contributed by atoms with E-state index >= 15 is 0 Å².